The van der Waals surface area contributed by atoms with E-state index in [1.165, 1.54) is 0 Å². The Hall–Kier alpha value is 1.63. The van der Waals surface area contributed by atoms with Crippen LogP contribution in [-0.2, 0) is 4.79 Å². The molecular formula is CH6Na2O2. The second-order valence-electron chi connectivity index (χ2n) is 0. The second-order valence-corrected chi connectivity index (χ2v) is 0. The predicted molar refractivity (Wildman–Crippen MR) is 13.0 cm³/mol. The summed E-state index contributed by atoms with van der Waals surface area (Å²) in [5.41, 5.74) is 0. The molecular weight excluding hydrogens is 90.0 g/mol. The molecule has 0 rings (SSSR count). The van der Waals surface area contributed by atoms with Gasteiger partial charge in [0.1, 0.15) is 6.79 Å². The van der Waals surface area contributed by atoms with Gasteiger partial charge in [-0.2, -0.15) is 0 Å². The molecule has 0 heterocycles. The molecule has 0 atom stereocenters. The largest absolute Gasteiger partial charge is 1.00 e. The van der Waals surface area contributed by atoms with Gasteiger partial charge >= 0.3 is 59.1 Å². The smallest absolute Gasteiger partial charge is 1.00 e. The van der Waals surface area contributed by atoms with Crippen LogP contribution in [-0.4, -0.2) is 12.3 Å². The van der Waals surface area contributed by atoms with Crippen LogP contribution in [0.2, 0.25) is 0 Å². The van der Waals surface area contributed by atoms with E-state index in [0.29, 0.717) is 0 Å². The molecule has 0 saturated carbocycles. The first-order chi connectivity index (χ1) is 1.00. The van der Waals surface area contributed by atoms with Crippen molar-refractivity contribution < 1.29 is 72.2 Å². The fourth-order valence-electron chi connectivity index (χ4n) is 0. The normalized spacial score (nSPS) is 0.800. The van der Waals surface area contributed by atoms with Gasteiger partial charge in [0.15, 0.2) is 0 Å². The molecule has 0 unspecified atom stereocenters. The van der Waals surface area contributed by atoms with E-state index < -0.39 is 0 Å². The van der Waals surface area contributed by atoms with Gasteiger partial charge in [0.05, 0.1) is 0 Å². The summed E-state index contributed by atoms with van der Waals surface area (Å²) in [4.78, 5) is 8.00. The molecule has 0 aromatic carbocycles. The molecule has 5 heavy (non-hydrogen) atoms. The van der Waals surface area contributed by atoms with Crippen molar-refractivity contribution in [2.24, 2.45) is 0 Å². The third-order valence-electron chi connectivity index (χ3n) is 0. The van der Waals surface area contributed by atoms with Crippen molar-refractivity contribution in [1.29, 1.82) is 0 Å². The molecule has 0 radical (unpaired) electrons. The minimum absolute atomic E-state index is 0. The summed E-state index contributed by atoms with van der Waals surface area (Å²) in [6.07, 6.45) is 0. The van der Waals surface area contributed by atoms with Crippen molar-refractivity contribution in [1.82, 2.24) is 0 Å². The summed E-state index contributed by atoms with van der Waals surface area (Å²) < 4.78 is 0. The first kappa shape index (κ1) is 30.4. The monoisotopic (exact) mass is 96.0 g/mol. The Balaban J connectivity index is -0.000000000500. The van der Waals surface area contributed by atoms with E-state index in [2.05, 4.69) is 0 Å². The SMILES string of the molecule is C=O.O.[H-].[H-].[Na+].[Na+]. The van der Waals surface area contributed by atoms with Crippen LogP contribution >= 0.6 is 0 Å². The second kappa shape index (κ2) is 45.4. The van der Waals surface area contributed by atoms with E-state index in [1.807, 2.05) is 6.79 Å². The van der Waals surface area contributed by atoms with Gasteiger partial charge in [-0.25, -0.2) is 0 Å². The predicted octanol–water partition coefficient (Wildman–Crippen LogP) is -6.78. The third-order valence-corrected chi connectivity index (χ3v) is 0. The molecule has 0 aliphatic carbocycles. The Bertz CT molecular complexity index is 13.7. The van der Waals surface area contributed by atoms with E-state index in [1.54, 1.807) is 0 Å². The van der Waals surface area contributed by atoms with E-state index in [4.69, 9.17) is 4.79 Å². The van der Waals surface area contributed by atoms with Crippen LogP contribution in [0.4, 0.5) is 0 Å². The van der Waals surface area contributed by atoms with Gasteiger partial charge in [0, 0.05) is 0 Å². The van der Waals surface area contributed by atoms with Gasteiger partial charge in [-0.3, -0.25) is 0 Å². The van der Waals surface area contributed by atoms with Crippen molar-refractivity contribution >= 4 is 6.79 Å². The average Bonchev–Trinajstić information content (AvgIpc) is 1.00. The van der Waals surface area contributed by atoms with Crippen molar-refractivity contribution in [2.45, 2.75) is 0 Å². The van der Waals surface area contributed by atoms with Crippen LogP contribution in [0.1, 0.15) is 2.85 Å². The zero-order chi connectivity index (χ0) is 2.00. The zero-order valence-electron chi connectivity index (χ0n) is 5.62. The van der Waals surface area contributed by atoms with Crippen LogP contribution in [0, 0.1) is 0 Å². The van der Waals surface area contributed by atoms with Gasteiger partial charge in [-0.15, -0.1) is 0 Å². The Morgan fingerprint density at radius 3 is 1.20 bits per heavy atom. The molecule has 0 aliphatic heterocycles. The van der Waals surface area contributed by atoms with Crippen LogP contribution in [0.15, 0.2) is 0 Å². The quantitative estimate of drug-likeness (QED) is 0.276. The molecule has 4 heteroatoms. The average molecular weight is 96.0 g/mol. The minimum atomic E-state index is 0. The molecule has 2 N–H and O–H groups in total. The molecule has 0 fully saturated rings. The molecule has 24 valence electrons. The van der Waals surface area contributed by atoms with Crippen molar-refractivity contribution in [3.05, 3.63) is 0 Å². The minimum Gasteiger partial charge on any atom is -1.00 e. The molecule has 0 amide bonds. The fraction of sp³-hybridized carbons (Fsp3) is 0. The maximum absolute atomic E-state index is 8.00. The van der Waals surface area contributed by atoms with E-state index >= 15 is 0 Å². The summed E-state index contributed by atoms with van der Waals surface area (Å²) in [6.45, 7) is 2.00. The topological polar surface area (TPSA) is 48.6 Å². The van der Waals surface area contributed by atoms with Crippen molar-refractivity contribution in [2.75, 3.05) is 0 Å². The molecule has 0 aromatic heterocycles. The molecule has 0 saturated heterocycles. The maximum atomic E-state index is 8.00. The first-order valence-electron chi connectivity index (χ1n) is 0.289. The van der Waals surface area contributed by atoms with Crippen LogP contribution in [0.25, 0.3) is 0 Å². The number of carbonyl (C=O) groups excluding carboxylic acids is 1. The van der Waals surface area contributed by atoms with E-state index in [0.717, 1.165) is 0 Å². The van der Waals surface area contributed by atoms with E-state index in [9.17, 15) is 0 Å². The Kier molecular flexibility index (Phi) is 276. The summed E-state index contributed by atoms with van der Waals surface area (Å²) in [5.74, 6) is 0. The molecule has 2 nitrogen and oxygen atoms in total. The molecule has 0 bridgehead atoms. The molecule has 0 aliphatic rings. The Labute approximate surface area is 78.2 Å². The van der Waals surface area contributed by atoms with Gasteiger partial charge in [-0.1, -0.05) is 0 Å². The third kappa shape index (κ3) is 27.9. The number of carbonyl (C=O) groups is 1. The summed E-state index contributed by atoms with van der Waals surface area (Å²) >= 11 is 0. The van der Waals surface area contributed by atoms with Crippen LogP contribution < -0.4 is 59.1 Å². The van der Waals surface area contributed by atoms with E-state index in [-0.39, 0.29) is 67.4 Å². The zero-order valence-corrected chi connectivity index (χ0v) is 7.62. The number of rotatable bonds is 0. The number of hydrogen-bond acceptors (Lipinski definition) is 1. The van der Waals surface area contributed by atoms with Gasteiger partial charge in [-0.05, 0) is 0 Å². The summed E-state index contributed by atoms with van der Waals surface area (Å²) in [6, 6.07) is 0. The van der Waals surface area contributed by atoms with Gasteiger partial charge < -0.3 is 13.1 Å². The Morgan fingerprint density at radius 2 is 1.20 bits per heavy atom. The van der Waals surface area contributed by atoms with Crippen molar-refractivity contribution in [3.8, 4) is 0 Å². The summed E-state index contributed by atoms with van der Waals surface area (Å²) in [7, 11) is 0. The number of hydrogen-bond donors (Lipinski definition) is 0. The Morgan fingerprint density at radius 1 is 1.20 bits per heavy atom. The first-order valence-corrected chi connectivity index (χ1v) is 0.289. The van der Waals surface area contributed by atoms with Crippen molar-refractivity contribution in [3.63, 3.8) is 0 Å². The van der Waals surface area contributed by atoms with Gasteiger partial charge in [0.25, 0.3) is 0 Å². The van der Waals surface area contributed by atoms with Gasteiger partial charge in [0.2, 0.25) is 0 Å². The summed E-state index contributed by atoms with van der Waals surface area (Å²) in [5, 5.41) is 0. The fourth-order valence-corrected chi connectivity index (χ4v) is 0. The van der Waals surface area contributed by atoms with Crippen LogP contribution in [0.5, 0.6) is 0 Å². The standard InChI is InChI=1S/CH2O.2Na.H2O.2H/c1-2;;;;;/h1H2;;;1H2;;/q;2*+1;;2*-1. The maximum Gasteiger partial charge on any atom is 1.00 e. The van der Waals surface area contributed by atoms with Crippen LogP contribution in [0.3, 0.4) is 0 Å². The molecule has 0 spiro atoms. The molecule has 0 aromatic rings.